The number of nitrogens with zero attached hydrogens (tertiary/aromatic N) is 2. The minimum absolute atomic E-state index is 0.0323. The smallest absolute Gasteiger partial charge is 0.256 e. The molecule has 4 aromatic rings. The van der Waals surface area contributed by atoms with Crippen LogP contribution in [0.5, 0.6) is 11.5 Å². The number of amides is 1. The zero-order valence-corrected chi connectivity index (χ0v) is 25.7. The Kier molecular flexibility index (Phi) is 7.98. The lowest BCUT2D eigenvalue weighted by atomic mass is 9.81. The molecule has 0 saturated heterocycles. The molecule has 0 radical (unpaired) electrons. The molecule has 10 heteroatoms. The Labute approximate surface area is 266 Å². The summed E-state index contributed by atoms with van der Waals surface area (Å²) in [6.07, 6.45) is 10.7. The number of guanidine groups is 1. The number of aromatic nitrogens is 1. The molecular weight excluding hydrogens is 583 g/mol. The summed E-state index contributed by atoms with van der Waals surface area (Å²) in [4.78, 5) is 31.8. The van der Waals surface area contributed by atoms with Crippen molar-refractivity contribution in [3.8, 4) is 17.2 Å². The van der Waals surface area contributed by atoms with Crippen LogP contribution in [0.3, 0.4) is 0 Å². The van der Waals surface area contributed by atoms with E-state index in [1.165, 1.54) is 6.07 Å². The molecule has 46 heavy (non-hydrogen) atoms. The van der Waals surface area contributed by atoms with Crippen molar-refractivity contribution in [1.82, 2.24) is 9.88 Å². The number of hydrogen-bond donors (Lipinski definition) is 4. The van der Waals surface area contributed by atoms with E-state index in [0.29, 0.717) is 42.4 Å². The van der Waals surface area contributed by atoms with E-state index in [0.717, 1.165) is 61.3 Å². The Morgan fingerprint density at radius 2 is 1.87 bits per heavy atom. The normalized spacial score (nSPS) is 21.5. The number of carbonyl (C=O) groups is 1. The number of aliphatic imine (C=N–C) groups is 1. The van der Waals surface area contributed by atoms with Crippen LogP contribution in [-0.4, -0.2) is 35.6 Å². The van der Waals surface area contributed by atoms with Gasteiger partial charge in [0.15, 0.2) is 17.5 Å². The molecule has 3 atom stereocenters. The molecule has 2 heterocycles. The van der Waals surface area contributed by atoms with Gasteiger partial charge in [0.2, 0.25) is 5.43 Å². The number of ether oxygens (including phenoxy) is 1. The first-order valence-corrected chi connectivity index (χ1v) is 16.2. The summed E-state index contributed by atoms with van der Waals surface area (Å²) in [7, 11) is 0. The van der Waals surface area contributed by atoms with Crippen LogP contribution in [0.25, 0.3) is 33.4 Å². The van der Waals surface area contributed by atoms with Gasteiger partial charge in [-0.1, -0.05) is 36.3 Å². The van der Waals surface area contributed by atoms with E-state index >= 15 is 4.39 Å². The number of carbonyl (C=O) groups excluding carboxylic acids is 1. The van der Waals surface area contributed by atoms with Crippen LogP contribution in [0.4, 0.5) is 4.39 Å². The minimum Gasteiger partial charge on any atom is -0.452 e. The predicted molar refractivity (Wildman–Crippen MR) is 180 cm³/mol. The van der Waals surface area contributed by atoms with Gasteiger partial charge in [0, 0.05) is 25.3 Å². The molecular formula is C36H39FN6O3. The average molecular weight is 623 g/mol. The van der Waals surface area contributed by atoms with Crippen LogP contribution in [-0.2, 0) is 0 Å². The molecule has 2 aliphatic carbocycles. The minimum atomic E-state index is -0.575. The lowest BCUT2D eigenvalue weighted by molar-refractivity contribution is 0.0939. The van der Waals surface area contributed by atoms with Crippen LogP contribution < -0.4 is 32.7 Å². The lowest BCUT2D eigenvalue weighted by Gasteiger charge is -2.28. The Morgan fingerprint density at radius 1 is 1.09 bits per heavy atom. The van der Waals surface area contributed by atoms with Crippen molar-refractivity contribution >= 4 is 39.6 Å². The van der Waals surface area contributed by atoms with Gasteiger partial charge in [-0.2, -0.15) is 0 Å². The zero-order chi connectivity index (χ0) is 31.9. The van der Waals surface area contributed by atoms with Gasteiger partial charge in [-0.3, -0.25) is 14.6 Å². The van der Waals surface area contributed by atoms with Gasteiger partial charge < -0.3 is 31.8 Å². The Hall–Kier alpha value is -4.70. The van der Waals surface area contributed by atoms with Crippen molar-refractivity contribution in [2.24, 2.45) is 34.0 Å². The molecule has 3 aromatic carbocycles. The number of nitrogens with one attached hydrogen (secondary N) is 1. The van der Waals surface area contributed by atoms with Crippen LogP contribution >= 0.6 is 0 Å². The largest absolute Gasteiger partial charge is 0.452 e. The number of fused-ring (bicyclic) bond motifs is 3. The molecule has 0 spiro atoms. The number of pyridine rings is 1. The fourth-order valence-corrected chi connectivity index (χ4v) is 7.41. The van der Waals surface area contributed by atoms with Crippen LogP contribution in [0.1, 0.15) is 67.3 Å². The van der Waals surface area contributed by atoms with Crippen LogP contribution in [0, 0.1) is 17.7 Å². The van der Waals surface area contributed by atoms with E-state index in [1.807, 2.05) is 47.0 Å². The van der Waals surface area contributed by atoms with Gasteiger partial charge in [-0.05, 0) is 91.8 Å². The third-order valence-corrected chi connectivity index (χ3v) is 9.70. The SMILES string of the molecule is NC(N)=NCC1CCCC(CNC(=O)c2cn3c4c(c(C=C5CCCC(N)C5)c(F)cc4c2=O)Oc2cc4ccccc4cc2-3)C1. The van der Waals surface area contributed by atoms with Crippen molar-refractivity contribution in [2.45, 2.75) is 57.4 Å². The molecule has 238 valence electrons. The van der Waals surface area contributed by atoms with E-state index in [1.54, 1.807) is 6.20 Å². The van der Waals surface area contributed by atoms with Crippen molar-refractivity contribution < 1.29 is 13.9 Å². The van der Waals surface area contributed by atoms with E-state index in [-0.39, 0.29) is 40.2 Å². The number of hydrogen-bond acceptors (Lipinski definition) is 5. The standard InChI is InChI=1S/C36H39FN6O3/c37-29-16-27-32-34(26(29)13-20-5-4-10-25(38)12-20)46-31-15-24-9-2-1-8-23(24)14-30(31)43(32)19-28(33(27)44)35(45)41-17-21-6-3-7-22(11-21)18-42-36(39)40/h1-2,8-9,13-16,19,21-22,25H,3-7,10-12,17-18,38H2,(H,41,45)(H4,39,40,42). The molecule has 0 bridgehead atoms. The maximum absolute atomic E-state index is 16.0. The summed E-state index contributed by atoms with van der Waals surface area (Å²) in [6.45, 7) is 0.991. The number of benzene rings is 3. The first-order chi connectivity index (χ1) is 22.2. The molecule has 3 unspecified atom stereocenters. The predicted octanol–water partition coefficient (Wildman–Crippen LogP) is 5.48. The first-order valence-electron chi connectivity index (χ1n) is 16.2. The third-order valence-electron chi connectivity index (χ3n) is 9.70. The monoisotopic (exact) mass is 622 g/mol. The van der Waals surface area contributed by atoms with Crippen molar-refractivity contribution in [2.75, 3.05) is 13.1 Å². The molecule has 7 rings (SSSR count). The number of nitrogens with two attached hydrogens (primary N) is 3. The van der Waals surface area contributed by atoms with E-state index in [2.05, 4.69) is 10.3 Å². The van der Waals surface area contributed by atoms with Gasteiger partial charge in [-0.25, -0.2) is 4.39 Å². The first kappa shape index (κ1) is 30.0. The summed E-state index contributed by atoms with van der Waals surface area (Å²) >= 11 is 0. The van der Waals surface area contributed by atoms with Crippen molar-refractivity contribution in [3.63, 3.8) is 0 Å². The van der Waals surface area contributed by atoms with Gasteiger partial charge >= 0.3 is 0 Å². The number of rotatable bonds is 6. The summed E-state index contributed by atoms with van der Waals surface area (Å²) in [5, 5.41) is 5.02. The summed E-state index contributed by atoms with van der Waals surface area (Å²) in [5.74, 6) is 0.386. The second kappa shape index (κ2) is 12.2. The highest BCUT2D eigenvalue weighted by Gasteiger charge is 2.29. The summed E-state index contributed by atoms with van der Waals surface area (Å²) < 4.78 is 24.3. The molecule has 1 aromatic heterocycles. The molecule has 9 nitrogen and oxygen atoms in total. The zero-order valence-electron chi connectivity index (χ0n) is 25.7. The van der Waals surface area contributed by atoms with Gasteiger partial charge in [0.1, 0.15) is 16.9 Å². The molecule has 1 amide bonds. The summed E-state index contributed by atoms with van der Waals surface area (Å²) in [6, 6.07) is 13.0. The Balaban J connectivity index is 1.30. The van der Waals surface area contributed by atoms with Gasteiger partial charge in [-0.15, -0.1) is 0 Å². The quantitative estimate of drug-likeness (QED) is 0.145. The molecule has 1 aliphatic heterocycles. The van der Waals surface area contributed by atoms with E-state index in [9.17, 15) is 9.59 Å². The fourth-order valence-electron chi connectivity index (χ4n) is 7.41. The maximum Gasteiger partial charge on any atom is 0.256 e. The van der Waals surface area contributed by atoms with Crippen LogP contribution in [0.15, 0.2) is 64.0 Å². The highest BCUT2D eigenvalue weighted by atomic mass is 19.1. The topological polar surface area (TPSA) is 151 Å². The second-order valence-electron chi connectivity index (χ2n) is 13.0. The lowest BCUT2D eigenvalue weighted by Crippen LogP contribution is -2.35. The molecule has 2 saturated carbocycles. The van der Waals surface area contributed by atoms with Crippen LogP contribution in [0.2, 0.25) is 0 Å². The van der Waals surface area contributed by atoms with Gasteiger partial charge in [0.25, 0.3) is 5.91 Å². The highest BCUT2D eigenvalue weighted by Crippen LogP contribution is 2.45. The summed E-state index contributed by atoms with van der Waals surface area (Å²) in [5.41, 5.74) is 19.1. The number of halogens is 1. The van der Waals surface area contributed by atoms with Crippen molar-refractivity contribution in [1.29, 1.82) is 0 Å². The average Bonchev–Trinajstić information content (AvgIpc) is 3.04. The molecule has 3 aliphatic rings. The maximum atomic E-state index is 16.0. The molecule has 2 fully saturated rings. The van der Waals surface area contributed by atoms with E-state index in [4.69, 9.17) is 21.9 Å². The third kappa shape index (κ3) is 5.73. The Bertz CT molecular complexity index is 1980. The van der Waals surface area contributed by atoms with Gasteiger partial charge in [0.05, 0.1) is 16.6 Å². The fraction of sp³-hybridized carbons (Fsp3) is 0.361. The van der Waals surface area contributed by atoms with E-state index < -0.39 is 17.2 Å². The second-order valence-corrected chi connectivity index (χ2v) is 13.0. The molecule has 7 N–H and O–H groups in total. The van der Waals surface area contributed by atoms with Crippen molar-refractivity contribution in [3.05, 3.63) is 81.4 Å². The Morgan fingerprint density at radius 3 is 2.65 bits per heavy atom. The highest BCUT2D eigenvalue weighted by molar-refractivity contribution is 6.01.